The smallest absolute Gasteiger partial charge is 0.336 e. The van der Waals surface area contributed by atoms with Crippen LogP contribution in [0.3, 0.4) is 0 Å². The van der Waals surface area contributed by atoms with Gasteiger partial charge in [-0.2, -0.15) is 0 Å². The van der Waals surface area contributed by atoms with Gasteiger partial charge in [-0.15, -0.1) is 0 Å². The van der Waals surface area contributed by atoms with Crippen molar-refractivity contribution in [2.24, 2.45) is 5.92 Å². The zero-order valence-corrected chi connectivity index (χ0v) is 21.3. The molecule has 2 heterocycles. The van der Waals surface area contributed by atoms with Crippen LogP contribution in [-0.2, 0) is 16.0 Å². The molecule has 8 nitrogen and oxygen atoms in total. The van der Waals surface area contributed by atoms with E-state index in [1.165, 1.54) is 13.3 Å². The second kappa shape index (κ2) is 11.5. The summed E-state index contributed by atoms with van der Waals surface area (Å²) >= 11 is 1.08. The van der Waals surface area contributed by atoms with Crippen LogP contribution < -0.4 is 14.8 Å². The lowest BCUT2D eigenvalue weighted by Crippen LogP contribution is -2.47. The molecule has 1 unspecified atom stereocenters. The van der Waals surface area contributed by atoms with Gasteiger partial charge in [0.2, 0.25) is 0 Å². The van der Waals surface area contributed by atoms with Crippen LogP contribution in [0, 0.1) is 5.92 Å². The Morgan fingerprint density at radius 1 is 1.22 bits per heavy atom. The minimum atomic E-state index is -1.45. The number of aliphatic hydroxyl groups is 1. The van der Waals surface area contributed by atoms with E-state index in [-0.39, 0.29) is 12.0 Å². The Labute approximate surface area is 214 Å². The van der Waals surface area contributed by atoms with Gasteiger partial charge in [-0.25, -0.2) is 9.78 Å². The number of rotatable bonds is 9. The quantitative estimate of drug-likeness (QED) is 0.403. The molecule has 1 aliphatic heterocycles. The van der Waals surface area contributed by atoms with E-state index in [4.69, 9.17) is 9.47 Å². The van der Waals surface area contributed by atoms with Gasteiger partial charge in [-0.3, -0.25) is 4.79 Å². The van der Waals surface area contributed by atoms with Crippen LogP contribution in [0.4, 0.5) is 0 Å². The number of carbonyl (C=O) groups excluding carboxylic acids is 2. The predicted octanol–water partition coefficient (Wildman–Crippen LogP) is 4.68. The lowest BCUT2D eigenvalue weighted by Gasteiger charge is -2.26. The van der Waals surface area contributed by atoms with Crippen molar-refractivity contribution in [3.05, 3.63) is 70.7 Å². The molecule has 190 valence electrons. The Bertz CT molecular complexity index is 1200. The summed E-state index contributed by atoms with van der Waals surface area (Å²) < 4.78 is 16.7. The van der Waals surface area contributed by atoms with Gasteiger partial charge >= 0.3 is 5.97 Å². The van der Waals surface area contributed by atoms with Gasteiger partial charge < -0.3 is 24.6 Å². The van der Waals surface area contributed by atoms with Crippen LogP contribution >= 0.6 is 11.3 Å². The first-order valence-electron chi connectivity index (χ1n) is 11.9. The molecule has 0 saturated heterocycles. The molecule has 3 atom stereocenters. The highest BCUT2D eigenvalue weighted by Crippen LogP contribution is 2.38. The summed E-state index contributed by atoms with van der Waals surface area (Å²) in [7, 11) is 1.20. The normalized spacial score (nSPS) is 16.4. The number of carbonyl (C=O) groups is 2. The Morgan fingerprint density at radius 2 is 2.00 bits per heavy atom. The van der Waals surface area contributed by atoms with Crippen LogP contribution in [0.15, 0.2) is 54.7 Å². The maximum Gasteiger partial charge on any atom is 0.336 e. The number of nitrogens with one attached hydrogen (secondary N) is 1. The molecule has 0 aliphatic carbocycles. The summed E-state index contributed by atoms with van der Waals surface area (Å²) in [6, 6.07) is 15.0. The largest absolute Gasteiger partial charge is 0.485 e. The van der Waals surface area contributed by atoms with Crippen molar-refractivity contribution in [1.29, 1.82) is 0 Å². The van der Waals surface area contributed by atoms with E-state index in [2.05, 4.69) is 27.2 Å². The number of benzene rings is 2. The van der Waals surface area contributed by atoms with Gasteiger partial charge in [-0.05, 0) is 54.5 Å². The van der Waals surface area contributed by atoms with Crippen molar-refractivity contribution >= 4 is 23.2 Å². The molecule has 0 saturated carbocycles. The second-order valence-corrected chi connectivity index (χ2v) is 10.1. The van der Waals surface area contributed by atoms with E-state index >= 15 is 0 Å². The number of thiazole rings is 1. The van der Waals surface area contributed by atoms with Crippen LogP contribution in [-0.4, -0.2) is 41.2 Å². The minimum absolute atomic E-state index is 0.0303. The Balaban J connectivity index is 1.40. The zero-order chi connectivity index (χ0) is 25.7. The third-order valence-electron chi connectivity index (χ3n) is 5.93. The summed E-state index contributed by atoms with van der Waals surface area (Å²) in [6.45, 7) is 3.88. The number of amides is 1. The standard InChI is InChI=1S/C27H30N2O6S/c1-16(2)13-20(24(30)26(32)33-3)29-25(31)23-15-28-27(36-23)34-19-10-12-22-18(14-19)9-11-21(35-22)17-7-5-4-6-8-17/h4-8,10,12,14-16,20-21,24,30H,9,11,13H2,1-3H3,(H,29,31)/t20-,21?,24+/m0/s1. The highest BCUT2D eigenvalue weighted by Gasteiger charge is 2.30. The summed E-state index contributed by atoms with van der Waals surface area (Å²) in [6.07, 6.45) is 2.13. The van der Waals surface area contributed by atoms with Crippen LogP contribution in [0.25, 0.3) is 0 Å². The molecule has 0 bridgehead atoms. The van der Waals surface area contributed by atoms with Gasteiger partial charge in [0.1, 0.15) is 22.5 Å². The fourth-order valence-electron chi connectivity index (χ4n) is 4.14. The van der Waals surface area contributed by atoms with Crippen molar-refractivity contribution in [3.8, 4) is 16.7 Å². The first kappa shape index (κ1) is 25.7. The molecule has 1 aromatic heterocycles. The summed E-state index contributed by atoms with van der Waals surface area (Å²) in [4.78, 5) is 29.1. The molecule has 1 aliphatic rings. The topological polar surface area (TPSA) is 107 Å². The van der Waals surface area contributed by atoms with Gasteiger partial charge in [0.05, 0.1) is 19.3 Å². The molecule has 0 fully saturated rings. The van der Waals surface area contributed by atoms with Crippen LogP contribution in [0.5, 0.6) is 16.7 Å². The Morgan fingerprint density at radius 3 is 2.72 bits per heavy atom. The molecule has 3 aromatic rings. The average Bonchev–Trinajstić information content (AvgIpc) is 3.36. The SMILES string of the molecule is COC(=O)[C@H](O)[C@H](CC(C)C)NC(=O)c1cnc(Oc2ccc3c(c2)CCC(c2ccccc2)O3)s1. The molecule has 36 heavy (non-hydrogen) atoms. The molecule has 4 rings (SSSR count). The molecule has 0 radical (unpaired) electrons. The maximum absolute atomic E-state index is 12.8. The monoisotopic (exact) mass is 510 g/mol. The number of esters is 1. The van der Waals surface area contributed by atoms with Crippen LogP contribution in [0.2, 0.25) is 0 Å². The highest BCUT2D eigenvalue weighted by atomic mass is 32.1. The summed E-state index contributed by atoms with van der Waals surface area (Å²) in [5.41, 5.74) is 2.22. The maximum atomic E-state index is 12.8. The van der Waals surface area contributed by atoms with Crippen molar-refractivity contribution in [2.45, 2.75) is 51.4 Å². The number of hydrogen-bond acceptors (Lipinski definition) is 8. The molecular formula is C27H30N2O6S. The van der Waals surface area contributed by atoms with Gasteiger partial charge in [0.15, 0.2) is 6.10 Å². The third-order valence-corrected chi connectivity index (χ3v) is 6.80. The summed E-state index contributed by atoms with van der Waals surface area (Å²) in [5.74, 6) is 0.353. The number of hydrogen-bond donors (Lipinski definition) is 2. The molecular weight excluding hydrogens is 480 g/mol. The molecule has 0 spiro atoms. The molecule has 9 heteroatoms. The number of methoxy groups -OCH3 is 1. The molecule has 1 amide bonds. The Hall–Kier alpha value is -3.43. The predicted molar refractivity (Wildman–Crippen MR) is 135 cm³/mol. The summed E-state index contributed by atoms with van der Waals surface area (Å²) in [5, 5.41) is 13.3. The van der Waals surface area contributed by atoms with Gasteiger partial charge in [0.25, 0.3) is 11.1 Å². The van der Waals surface area contributed by atoms with Gasteiger partial charge in [0, 0.05) is 0 Å². The van der Waals surface area contributed by atoms with E-state index in [1.807, 2.05) is 50.2 Å². The van der Waals surface area contributed by atoms with Crippen LogP contribution in [0.1, 0.15) is 53.6 Å². The number of ether oxygens (including phenoxy) is 3. The second-order valence-electron chi connectivity index (χ2n) is 9.10. The first-order chi connectivity index (χ1) is 17.3. The average molecular weight is 511 g/mol. The minimum Gasteiger partial charge on any atom is -0.485 e. The lowest BCUT2D eigenvalue weighted by molar-refractivity contribution is -0.152. The van der Waals surface area contributed by atoms with E-state index < -0.39 is 24.0 Å². The number of aromatic nitrogens is 1. The first-order valence-corrected chi connectivity index (χ1v) is 12.7. The van der Waals surface area contributed by atoms with E-state index in [0.717, 1.165) is 41.1 Å². The van der Waals surface area contributed by atoms with E-state index in [9.17, 15) is 14.7 Å². The number of aryl methyl sites for hydroxylation is 1. The van der Waals surface area contributed by atoms with E-state index in [0.29, 0.717) is 22.2 Å². The number of aliphatic hydroxyl groups excluding tert-OH is 1. The molecule has 2 aromatic carbocycles. The number of nitrogens with zero attached hydrogens (tertiary/aromatic N) is 1. The van der Waals surface area contributed by atoms with Crippen molar-refractivity contribution in [3.63, 3.8) is 0 Å². The van der Waals surface area contributed by atoms with Crippen molar-refractivity contribution in [1.82, 2.24) is 10.3 Å². The highest BCUT2D eigenvalue weighted by molar-refractivity contribution is 7.15. The van der Waals surface area contributed by atoms with Crippen molar-refractivity contribution in [2.75, 3.05) is 7.11 Å². The fourth-order valence-corrected chi connectivity index (χ4v) is 4.83. The fraction of sp³-hybridized carbons (Fsp3) is 0.370. The third kappa shape index (κ3) is 6.22. The molecule has 2 N–H and O–H groups in total. The lowest BCUT2D eigenvalue weighted by atomic mass is 9.97. The number of fused-ring (bicyclic) bond motifs is 1. The van der Waals surface area contributed by atoms with E-state index in [1.54, 1.807) is 0 Å². The zero-order valence-electron chi connectivity index (χ0n) is 20.5. The van der Waals surface area contributed by atoms with Crippen molar-refractivity contribution < 1.29 is 28.9 Å². The van der Waals surface area contributed by atoms with Gasteiger partial charge in [-0.1, -0.05) is 55.5 Å². The Kier molecular flexibility index (Phi) is 8.22.